The van der Waals surface area contributed by atoms with Gasteiger partial charge in [-0.25, -0.2) is 14.4 Å². The van der Waals surface area contributed by atoms with Crippen LogP contribution in [-0.4, -0.2) is 58.2 Å². The number of carbonyl (C=O) groups is 2. The summed E-state index contributed by atoms with van der Waals surface area (Å²) in [6, 6.07) is 5.83. The number of alkyl halides is 3. The highest BCUT2D eigenvalue weighted by Crippen LogP contribution is 2.38. The van der Waals surface area contributed by atoms with Gasteiger partial charge in [-0.1, -0.05) is 0 Å². The van der Waals surface area contributed by atoms with Crippen LogP contribution in [0.4, 0.5) is 23.4 Å². The summed E-state index contributed by atoms with van der Waals surface area (Å²) >= 11 is 0. The summed E-state index contributed by atoms with van der Waals surface area (Å²) in [5, 5.41) is 4.89. The Labute approximate surface area is 205 Å². The van der Waals surface area contributed by atoms with Crippen LogP contribution < -0.4 is 20.3 Å². The molecule has 4 heterocycles. The number of rotatable bonds is 7. The van der Waals surface area contributed by atoms with Crippen molar-refractivity contribution in [1.29, 1.82) is 0 Å². The number of ether oxygens (including phenoxy) is 1. The topological polar surface area (TPSA) is 96.5 Å². The Morgan fingerprint density at radius 1 is 1.06 bits per heavy atom. The molecule has 0 radical (unpaired) electrons. The lowest BCUT2D eigenvalue weighted by Crippen LogP contribution is -2.55. The first-order valence-corrected chi connectivity index (χ1v) is 11.6. The van der Waals surface area contributed by atoms with Crippen molar-refractivity contribution in [2.75, 3.05) is 11.4 Å². The van der Waals surface area contributed by atoms with Crippen molar-refractivity contribution in [2.45, 2.75) is 69.4 Å². The van der Waals surface area contributed by atoms with E-state index in [0.29, 0.717) is 18.7 Å². The second kappa shape index (κ2) is 9.90. The molecule has 2 aliphatic rings. The lowest BCUT2D eigenvalue weighted by Gasteiger charge is -2.40. The number of carbonyl (C=O) groups excluding carboxylic acids is 2. The van der Waals surface area contributed by atoms with E-state index < -0.39 is 30.0 Å². The highest BCUT2D eigenvalue weighted by Gasteiger charge is 2.43. The van der Waals surface area contributed by atoms with E-state index in [1.54, 1.807) is 19.9 Å². The van der Waals surface area contributed by atoms with Crippen LogP contribution in [0.25, 0.3) is 0 Å². The number of fused-ring (bicyclic) bond motifs is 2. The predicted molar refractivity (Wildman–Crippen MR) is 122 cm³/mol. The van der Waals surface area contributed by atoms with Gasteiger partial charge in [0.25, 0.3) is 11.8 Å². The van der Waals surface area contributed by atoms with E-state index in [1.807, 2.05) is 5.32 Å². The minimum absolute atomic E-state index is 0.0513. The van der Waals surface area contributed by atoms with Crippen molar-refractivity contribution < 1.29 is 31.9 Å². The van der Waals surface area contributed by atoms with E-state index in [2.05, 4.69) is 20.2 Å². The second-order valence-corrected chi connectivity index (χ2v) is 9.56. The molecule has 2 amide bonds. The van der Waals surface area contributed by atoms with E-state index in [-0.39, 0.29) is 35.5 Å². The fourth-order valence-corrected chi connectivity index (χ4v) is 4.71. The number of anilines is 1. The first-order valence-electron chi connectivity index (χ1n) is 11.6. The lowest BCUT2D eigenvalue weighted by molar-refractivity contribution is -0.135. The van der Waals surface area contributed by atoms with Gasteiger partial charge in [0.1, 0.15) is 18.2 Å². The molecule has 8 nitrogen and oxygen atoms in total. The molecule has 2 aliphatic heterocycles. The van der Waals surface area contributed by atoms with Gasteiger partial charge in [0.15, 0.2) is 5.60 Å². The standard InChI is InChI=1S/C24H27F4N5O3/c1-23(2,36-20-8-4-15(25)12-30-20)22(35)32-16-9-17-5-6-18(10-16)33(17)19-7-3-14(11-29-19)21(34)31-13-24(26,27)28/h3-4,7-8,11-12,16-18H,5-6,9-10,13H2,1-2H3,(H,31,34)(H,32,35)/t16?,17-,18+. The molecule has 36 heavy (non-hydrogen) atoms. The van der Waals surface area contributed by atoms with Crippen molar-refractivity contribution in [2.24, 2.45) is 0 Å². The number of halogens is 4. The number of hydrogen-bond acceptors (Lipinski definition) is 6. The van der Waals surface area contributed by atoms with Crippen LogP contribution in [-0.2, 0) is 4.79 Å². The molecule has 2 fully saturated rings. The van der Waals surface area contributed by atoms with E-state index in [9.17, 15) is 27.2 Å². The summed E-state index contributed by atoms with van der Waals surface area (Å²) in [4.78, 5) is 35.2. The Hall–Kier alpha value is -3.44. The molecule has 2 aromatic rings. The van der Waals surface area contributed by atoms with Crippen LogP contribution in [0.1, 0.15) is 49.9 Å². The summed E-state index contributed by atoms with van der Waals surface area (Å²) in [6.07, 6.45) is 0.994. The van der Waals surface area contributed by atoms with E-state index >= 15 is 0 Å². The monoisotopic (exact) mass is 509 g/mol. The summed E-state index contributed by atoms with van der Waals surface area (Å²) in [5.74, 6) is -0.852. The van der Waals surface area contributed by atoms with Gasteiger partial charge in [-0.3, -0.25) is 9.59 Å². The molecule has 0 spiro atoms. The molecule has 2 bridgehead atoms. The van der Waals surface area contributed by atoms with Gasteiger partial charge in [0.05, 0.1) is 11.8 Å². The van der Waals surface area contributed by atoms with Gasteiger partial charge in [-0.05, 0) is 57.7 Å². The Morgan fingerprint density at radius 2 is 1.75 bits per heavy atom. The Morgan fingerprint density at radius 3 is 2.31 bits per heavy atom. The maximum Gasteiger partial charge on any atom is 0.405 e. The summed E-state index contributed by atoms with van der Waals surface area (Å²) in [6.45, 7) is 1.83. The average Bonchev–Trinajstić information content (AvgIpc) is 3.08. The van der Waals surface area contributed by atoms with Crippen LogP contribution in [0.3, 0.4) is 0 Å². The fraction of sp³-hybridized carbons (Fsp3) is 0.500. The zero-order chi connectivity index (χ0) is 26.1. The van der Waals surface area contributed by atoms with Crippen LogP contribution in [0, 0.1) is 5.82 Å². The second-order valence-electron chi connectivity index (χ2n) is 9.56. The zero-order valence-electron chi connectivity index (χ0n) is 19.8. The Bertz CT molecular complexity index is 1080. The number of nitrogens with zero attached hydrogens (tertiary/aromatic N) is 3. The molecule has 0 saturated carbocycles. The van der Waals surface area contributed by atoms with Gasteiger partial charge < -0.3 is 20.3 Å². The van der Waals surface area contributed by atoms with E-state index in [4.69, 9.17) is 4.74 Å². The SMILES string of the molecule is CC(C)(Oc1ccc(F)cn1)C(=O)NC1C[C@H]2CC[C@@H](C1)N2c1ccc(C(=O)NCC(F)(F)F)cn1. The minimum Gasteiger partial charge on any atom is -0.462 e. The summed E-state index contributed by atoms with van der Waals surface area (Å²) < 4.78 is 55.8. The fourth-order valence-electron chi connectivity index (χ4n) is 4.71. The average molecular weight is 510 g/mol. The molecule has 1 unspecified atom stereocenters. The number of amides is 2. The predicted octanol–water partition coefficient (Wildman–Crippen LogP) is 3.38. The van der Waals surface area contributed by atoms with Crippen LogP contribution in [0.15, 0.2) is 36.7 Å². The number of aromatic nitrogens is 2. The summed E-state index contributed by atoms with van der Waals surface area (Å²) in [5.41, 5.74) is -1.17. The maximum absolute atomic E-state index is 13.1. The number of pyridine rings is 2. The van der Waals surface area contributed by atoms with Crippen molar-refractivity contribution in [3.8, 4) is 5.88 Å². The third-order valence-electron chi connectivity index (χ3n) is 6.40. The number of nitrogens with one attached hydrogen (secondary N) is 2. The Kier molecular flexibility index (Phi) is 7.05. The van der Waals surface area contributed by atoms with Crippen LogP contribution in [0.2, 0.25) is 0 Å². The molecule has 2 aromatic heterocycles. The molecule has 0 aromatic carbocycles. The molecular formula is C24H27F4N5O3. The van der Waals surface area contributed by atoms with E-state index in [0.717, 1.165) is 19.0 Å². The van der Waals surface area contributed by atoms with Gasteiger partial charge in [0, 0.05) is 30.4 Å². The number of hydrogen-bond donors (Lipinski definition) is 2. The molecule has 12 heteroatoms. The van der Waals surface area contributed by atoms with Crippen molar-refractivity contribution >= 4 is 17.6 Å². The quantitative estimate of drug-likeness (QED) is 0.556. The maximum atomic E-state index is 13.1. The molecule has 4 rings (SSSR count). The van der Waals surface area contributed by atoms with E-state index in [1.165, 1.54) is 24.4 Å². The molecule has 3 atom stereocenters. The van der Waals surface area contributed by atoms with Gasteiger partial charge in [-0.2, -0.15) is 13.2 Å². The first kappa shape index (κ1) is 25.6. The molecular weight excluding hydrogens is 482 g/mol. The van der Waals surface area contributed by atoms with Gasteiger partial charge in [0.2, 0.25) is 5.88 Å². The van der Waals surface area contributed by atoms with Crippen LogP contribution in [0.5, 0.6) is 5.88 Å². The smallest absolute Gasteiger partial charge is 0.405 e. The third kappa shape index (κ3) is 6.03. The highest BCUT2D eigenvalue weighted by atomic mass is 19.4. The van der Waals surface area contributed by atoms with Crippen molar-refractivity contribution in [1.82, 2.24) is 20.6 Å². The normalized spacial score (nSPS) is 21.7. The summed E-state index contributed by atoms with van der Waals surface area (Å²) in [7, 11) is 0. The largest absolute Gasteiger partial charge is 0.462 e. The Balaban J connectivity index is 1.34. The van der Waals surface area contributed by atoms with Gasteiger partial charge >= 0.3 is 6.18 Å². The molecule has 2 saturated heterocycles. The zero-order valence-corrected chi connectivity index (χ0v) is 19.8. The molecule has 0 aliphatic carbocycles. The third-order valence-corrected chi connectivity index (χ3v) is 6.40. The van der Waals surface area contributed by atoms with Crippen LogP contribution >= 0.6 is 0 Å². The van der Waals surface area contributed by atoms with Gasteiger partial charge in [-0.15, -0.1) is 0 Å². The molecule has 2 N–H and O–H groups in total. The number of piperidine rings is 1. The molecule has 194 valence electrons. The van der Waals surface area contributed by atoms with Crippen molar-refractivity contribution in [3.05, 3.63) is 48.0 Å². The van der Waals surface area contributed by atoms with Crippen molar-refractivity contribution in [3.63, 3.8) is 0 Å². The first-order chi connectivity index (χ1) is 16.9. The lowest BCUT2D eigenvalue weighted by atomic mass is 9.96. The highest BCUT2D eigenvalue weighted by molar-refractivity contribution is 5.94. The minimum atomic E-state index is -4.48.